The minimum atomic E-state index is 0. The second kappa shape index (κ2) is 13.5. The minimum Gasteiger partial charge on any atom is -0.381 e. The highest BCUT2D eigenvalue weighted by Gasteiger charge is 2.15. The summed E-state index contributed by atoms with van der Waals surface area (Å²) in [7, 11) is 0. The molecule has 1 unspecified atom stereocenters. The number of aromatic nitrogens is 3. The third-order valence-electron chi connectivity index (χ3n) is 4.45. The van der Waals surface area contributed by atoms with Crippen molar-refractivity contribution in [1.29, 1.82) is 0 Å². The van der Waals surface area contributed by atoms with Crippen LogP contribution in [0.1, 0.15) is 25.3 Å². The van der Waals surface area contributed by atoms with Gasteiger partial charge in [0.2, 0.25) is 0 Å². The average Bonchev–Trinajstić information content (AvgIpc) is 3.43. The summed E-state index contributed by atoms with van der Waals surface area (Å²) in [6.07, 6.45) is 7.46. The van der Waals surface area contributed by atoms with E-state index in [0.29, 0.717) is 12.5 Å². The van der Waals surface area contributed by atoms with Crippen molar-refractivity contribution in [3.05, 3.63) is 42.4 Å². The van der Waals surface area contributed by atoms with Crippen molar-refractivity contribution in [1.82, 2.24) is 25.4 Å². The Balaban J connectivity index is 0.00000300. The monoisotopic (exact) mass is 514 g/mol. The highest BCUT2D eigenvalue weighted by Crippen LogP contribution is 2.12. The van der Waals surface area contributed by atoms with E-state index < -0.39 is 0 Å². The topological polar surface area (TPSA) is 85.6 Å². The first-order valence-electron chi connectivity index (χ1n) is 9.97. The Hall–Kier alpha value is -1.72. The van der Waals surface area contributed by atoms with Crippen LogP contribution < -0.4 is 10.6 Å². The van der Waals surface area contributed by atoms with Gasteiger partial charge >= 0.3 is 0 Å². The number of hydrogen-bond donors (Lipinski definition) is 2. The van der Waals surface area contributed by atoms with E-state index in [2.05, 4.69) is 32.6 Å². The predicted molar refractivity (Wildman–Crippen MR) is 124 cm³/mol. The van der Waals surface area contributed by atoms with E-state index in [4.69, 9.17) is 9.47 Å². The lowest BCUT2D eigenvalue weighted by atomic mass is 10.1. The first kappa shape index (κ1) is 23.6. The molecule has 1 saturated heterocycles. The van der Waals surface area contributed by atoms with E-state index in [1.807, 2.05) is 24.4 Å². The maximum atomic E-state index is 5.74. The second-order valence-electron chi connectivity index (χ2n) is 6.75. The fourth-order valence-electron chi connectivity index (χ4n) is 2.95. The zero-order valence-electron chi connectivity index (χ0n) is 16.9. The quantitative estimate of drug-likeness (QED) is 0.219. The molecule has 160 valence electrons. The lowest BCUT2D eigenvalue weighted by Crippen LogP contribution is -2.38. The van der Waals surface area contributed by atoms with Crippen molar-refractivity contribution < 1.29 is 9.47 Å². The van der Waals surface area contributed by atoms with Crippen LogP contribution in [0.5, 0.6) is 0 Å². The number of rotatable bonds is 10. The molecule has 1 aliphatic rings. The van der Waals surface area contributed by atoms with Crippen LogP contribution in [0.2, 0.25) is 0 Å². The molecular formula is C20H31IN6O2. The molecular weight excluding hydrogens is 483 g/mol. The molecule has 8 nitrogen and oxygen atoms in total. The summed E-state index contributed by atoms with van der Waals surface area (Å²) in [5, 5.41) is 10.9. The van der Waals surface area contributed by atoms with Gasteiger partial charge < -0.3 is 20.1 Å². The molecule has 2 aromatic heterocycles. The smallest absolute Gasteiger partial charge is 0.191 e. The summed E-state index contributed by atoms with van der Waals surface area (Å²) >= 11 is 0. The summed E-state index contributed by atoms with van der Waals surface area (Å²) < 4.78 is 12.8. The standard InChI is InChI=1S/C20H30N6O2.HI/c1-2-21-20(23-7-4-11-27-15-18-6-12-28-16-18)24-14-17-5-9-22-19(13-17)26-10-3-8-25-26;/h3,5,8-10,13,18H,2,4,6-7,11-12,14-16H2,1H3,(H2,21,23,24);1H. The molecule has 3 rings (SSSR count). The Bertz CT molecular complexity index is 720. The van der Waals surface area contributed by atoms with Gasteiger partial charge in [0.05, 0.1) is 19.8 Å². The van der Waals surface area contributed by atoms with Crippen LogP contribution in [0.15, 0.2) is 41.8 Å². The van der Waals surface area contributed by atoms with Gasteiger partial charge in [-0.1, -0.05) is 0 Å². The Labute approximate surface area is 189 Å². The summed E-state index contributed by atoms with van der Waals surface area (Å²) in [6, 6.07) is 5.85. The third kappa shape index (κ3) is 8.27. The zero-order chi connectivity index (χ0) is 19.4. The molecule has 0 aliphatic carbocycles. The van der Waals surface area contributed by atoms with Crippen LogP contribution in [0, 0.1) is 5.92 Å². The average molecular weight is 514 g/mol. The van der Waals surface area contributed by atoms with Gasteiger partial charge in [-0.05, 0) is 43.5 Å². The van der Waals surface area contributed by atoms with E-state index >= 15 is 0 Å². The molecule has 0 aromatic carbocycles. The molecule has 29 heavy (non-hydrogen) atoms. The van der Waals surface area contributed by atoms with Gasteiger partial charge in [-0.25, -0.2) is 14.7 Å². The van der Waals surface area contributed by atoms with Gasteiger partial charge in [-0.15, -0.1) is 24.0 Å². The Morgan fingerprint density at radius 2 is 2.31 bits per heavy atom. The summed E-state index contributed by atoms with van der Waals surface area (Å²) in [5.41, 5.74) is 1.08. The lowest BCUT2D eigenvalue weighted by Gasteiger charge is -2.12. The van der Waals surface area contributed by atoms with Gasteiger partial charge in [-0.3, -0.25) is 0 Å². The van der Waals surface area contributed by atoms with Crippen LogP contribution in [-0.2, 0) is 16.0 Å². The molecule has 0 spiro atoms. The molecule has 9 heteroatoms. The summed E-state index contributed by atoms with van der Waals surface area (Å²) in [6.45, 7) is 7.54. The van der Waals surface area contributed by atoms with E-state index in [-0.39, 0.29) is 24.0 Å². The Morgan fingerprint density at radius 3 is 3.07 bits per heavy atom. The van der Waals surface area contributed by atoms with Gasteiger partial charge in [0.1, 0.15) is 0 Å². The van der Waals surface area contributed by atoms with Crippen LogP contribution in [0.3, 0.4) is 0 Å². The van der Waals surface area contributed by atoms with Gasteiger partial charge in [0.25, 0.3) is 0 Å². The van der Waals surface area contributed by atoms with E-state index in [1.165, 1.54) is 0 Å². The number of hydrogen-bond acceptors (Lipinski definition) is 5. The molecule has 0 saturated carbocycles. The van der Waals surface area contributed by atoms with Crippen molar-refractivity contribution in [2.24, 2.45) is 10.9 Å². The summed E-state index contributed by atoms with van der Waals surface area (Å²) in [5.74, 6) is 2.17. The fourth-order valence-corrected chi connectivity index (χ4v) is 2.95. The van der Waals surface area contributed by atoms with E-state index in [9.17, 15) is 0 Å². The molecule has 0 radical (unpaired) electrons. The first-order chi connectivity index (χ1) is 13.8. The number of nitrogens with zero attached hydrogens (tertiary/aromatic N) is 4. The summed E-state index contributed by atoms with van der Waals surface area (Å²) in [4.78, 5) is 9.02. The third-order valence-corrected chi connectivity index (χ3v) is 4.45. The Kier molecular flexibility index (Phi) is 11.0. The van der Waals surface area contributed by atoms with Crippen LogP contribution in [0.4, 0.5) is 0 Å². The maximum absolute atomic E-state index is 5.74. The first-order valence-corrected chi connectivity index (χ1v) is 9.97. The number of halogens is 1. The Morgan fingerprint density at radius 1 is 1.38 bits per heavy atom. The molecule has 1 atom stereocenters. The van der Waals surface area contributed by atoms with Crippen molar-refractivity contribution in [3.63, 3.8) is 0 Å². The van der Waals surface area contributed by atoms with Crippen molar-refractivity contribution >= 4 is 29.9 Å². The second-order valence-corrected chi connectivity index (χ2v) is 6.75. The van der Waals surface area contributed by atoms with Crippen molar-refractivity contribution in [3.8, 4) is 5.82 Å². The van der Waals surface area contributed by atoms with Crippen LogP contribution in [0.25, 0.3) is 5.82 Å². The number of pyridine rings is 1. The van der Waals surface area contributed by atoms with Gasteiger partial charge in [0.15, 0.2) is 11.8 Å². The van der Waals surface area contributed by atoms with Crippen molar-refractivity contribution in [2.75, 3.05) is 39.5 Å². The van der Waals surface area contributed by atoms with E-state index in [1.54, 1.807) is 17.1 Å². The highest BCUT2D eigenvalue weighted by atomic mass is 127. The van der Waals surface area contributed by atoms with Crippen LogP contribution >= 0.6 is 24.0 Å². The maximum Gasteiger partial charge on any atom is 0.191 e. The van der Waals surface area contributed by atoms with Gasteiger partial charge in [0, 0.05) is 50.8 Å². The minimum absolute atomic E-state index is 0. The lowest BCUT2D eigenvalue weighted by molar-refractivity contribution is 0.0888. The van der Waals surface area contributed by atoms with Crippen LogP contribution in [-0.4, -0.2) is 60.2 Å². The molecule has 1 aliphatic heterocycles. The number of ether oxygens (including phenoxy) is 2. The SMILES string of the molecule is CCNC(=NCc1ccnc(-n2cccn2)c1)NCCCOCC1CCOC1.I. The molecule has 0 bridgehead atoms. The molecule has 3 heterocycles. The largest absolute Gasteiger partial charge is 0.381 e. The fraction of sp³-hybridized carbons (Fsp3) is 0.550. The highest BCUT2D eigenvalue weighted by molar-refractivity contribution is 14.0. The molecule has 0 amide bonds. The van der Waals surface area contributed by atoms with Gasteiger partial charge in [-0.2, -0.15) is 5.10 Å². The molecule has 1 fully saturated rings. The number of nitrogens with one attached hydrogen (secondary N) is 2. The molecule has 2 aromatic rings. The molecule has 2 N–H and O–H groups in total. The normalized spacial score (nSPS) is 16.4. The van der Waals surface area contributed by atoms with E-state index in [0.717, 1.165) is 69.7 Å². The number of aliphatic imine (C=N–C) groups is 1. The predicted octanol–water partition coefficient (Wildman–Crippen LogP) is 2.38. The number of guanidine groups is 1. The van der Waals surface area contributed by atoms with Crippen molar-refractivity contribution in [2.45, 2.75) is 26.3 Å². The zero-order valence-corrected chi connectivity index (χ0v) is 19.2.